The van der Waals surface area contributed by atoms with E-state index in [0.717, 1.165) is 16.3 Å². The van der Waals surface area contributed by atoms with Gasteiger partial charge in [0.05, 0.1) is 12.8 Å². The van der Waals surface area contributed by atoms with E-state index >= 15 is 0 Å². The highest BCUT2D eigenvalue weighted by atomic mass is 16.3. The number of phenols is 1. The van der Waals surface area contributed by atoms with Crippen LogP contribution in [0.5, 0.6) is 5.75 Å². The van der Waals surface area contributed by atoms with Gasteiger partial charge in [-0.15, -0.1) is 0 Å². The molecule has 6 nitrogen and oxygen atoms in total. The van der Waals surface area contributed by atoms with E-state index in [1.165, 1.54) is 22.4 Å². The molecule has 3 aromatic carbocycles. The fourth-order valence-electron chi connectivity index (χ4n) is 3.78. The molecule has 6 heteroatoms. The Morgan fingerprint density at radius 3 is 2.47 bits per heavy atom. The molecule has 0 aliphatic rings. The van der Waals surface area contributed by atoms with Gasteiger partial charge in [0.2, 0.25) is 0 Å². The zero-order chi connectivity index (χ0) is 24.3. The van der Waals surface area contributed by atoms with Gasteiger partial charge < -0.3 is 9.67 Å². The van der Waals surface area contributed by atoms with E-state index in [1.54, 1.807) is 18.3 Å². The standard InChI is InChI=1S/C28H27N3O3/c1-28(2,3)21-13-10-19(11-14-21)18-31-16-6-9-23(27(31)34)26(33)30-29-17-24-22-8-5-4-7-20(22)12-15-25(24)32/h4-17,32H,18H2,1-3H3,(H,30,33)/b29-17-. The fourth-order valence-corrected chi connectivity index (χ4v) is 3.78. The normalized spacial score (nSPS) is 11.7. The van der Waals surface area contributed by atoms with Gasteiger partial charge in [0.1, 0.15) is 11.3 Å². The van der Waals surface area contributed by atoms with E-state index in [1.807, 2.05) is 42.5 Å². The van der Waals surface area contributed by atoms with Gasteiger partial charge in [0.25, 0.3) is 11.5 Å². The molecular formula is C28H27N3O3. The monoisotopic (exact) mass is 453 g/mol. The summed E-state index contributed by atoms with van der Waals surface area (Å²) in [5, 5.41) is 15.9. The van der Waals surface area contributed by atoms with E-state index in [-0.39, 0.29) is 16.7 Å². The zero-order valence-corrected chi connectivity index (χ0v) is 19.4. The van der Waals surface area contributed by atoms with Gasteiger partial charge in [-0.1, -0.05) is 75.4 Å². The molecule has 0 unspecified atom stereocenters. The molecule has 34 heavy (non-hydrogen) atoms. The first kappa shape index (κ1) is 23.0. The van der Waals surface area contributed by atoms with Crippen LogP contribution in [0.15, 0.2) is 88.9 Å². The minimum absolute atomic E-state index is 0.00639. The Labute approximate surface area is 198 Å². The third kappa shape index (κ3) is 4.91. The summed E-state index contributed by atoms with van der Waals surface area (Å²) in [5.41, 5.74) is 4.72. The largest absolute Gasteiger partial charge is 0.507 e. The highest BCUT2D eigenvalue weighted by Crippen LogP contribution is 2.25. The summed E-state index contributed by atoms with van der Waals surface area (Å²) in [6, 6.07) is 22.2. The maximum absolute atomic E-state index is 12.9. The third-order valence-corrected chi connectivity index (χ3v) is 5.75. The van der Waals surface area contributed by atoms with E-state index in [0.29, 0.717) is 12.1 Å². The summed E-state index contributed by atoms with van der Waals surface area (Å²) < 4.78 is 1.50. The molecule has 1 heterocycles. The summed E-state index contributed by atoms with van der Waals surface area (Å²) in [5.74, 6) is -0.561. The number of hydrogen-bond donors (Lipinski definition) is 2. The molecule has 0 spiro atoms. The average Bonchev–Trinajstić information content (AvgIpc) is 2.81. The Morgan fingerprint density at radius 1 is 1.00 bits per heavy atom. The van der Waals surface area contributed by atoms with Crippen LogP contribution in [-0.4, -0.2) is 21.8 Å². The number of phenolic OH excluding ortho intramolecular Hbond substituents is 1. The SMILES string of the molecule is CC(C)(C)c1ccc(Cn2cccc(C(=O)N/N=C\c3c(O)ccc4ccccc34)c2=O)cc1. The number of nitrogens with zero attached hydrogens (tertiary/aromatic N) is 2. The maximum atomic E-state index is 12.9. The van der Waals surface area contributed by atoms with E-state index < -0.39 is 11.5 Å². The minimum Gasteiger partial charge on any atom is -0.507 e. The average molecular weight is 454 g/mol. The topological polar surface area (TPSA) is 83.7 Å². The molecule has 0 fully saturated rings. The van der Waals surface area contributed by atoms with Crippen LogP contribution in [0.2, 0.25) is 0 Å². The number of benzene rings is 3. The van der Waals surface area contributed by atoms with Gasteiger partial charge in [-0.3, -0.25) is 9.59 Å². The first-order valence-electron chi connectivity index (χ1n) is 11.1. The van der Waals surface area contributed by atoms with Gasteiger partial charge in [-0.2, -0.15) is 5.10 Å². The fraction of sp³-hybridized carbons (Fsp3) is 0.179. The van der Waals surface area contributed by atoms with Crippen molar-refractivity contribution in [3.05, 3.63) is 112 Å². The molecule has 4 rings (SSSR count). The quantitative estimate of drug-likeness (QED) is 0.336. The van der Waals surface area contributed by atoms with Crippen molar-refractivity contribution in [2.45, 2.75) is 32.7 Å². The number of hydrazone groups is 1. The molecule has 0 saturated carbocycles. The van der Waals surface area contributed by atoms with Crippen molar-refractivity contribution < 1.29 is 9.90 Å². The third-order valence-electron chi connectivity index (χ3n) is 5.75. The zero-order valence-electron chi connectivity index (χ0n) is 19.4. The Kier molecular flexibility index (Phi) is 6.32. The lowest BCUT2D eigenvalue weighted by Crippen LogP contribution is -2.30. The van der Waals surface area contributed by atoms with Crippen LogP contribution >= 0.6 is 0 Å². The highest BCUT2D eigenvalue weighted by Gasteiger charge is 2.14. The summed E-state index contributed by atoms with van der Waals surface area (Å²) in [7, 11) is 0. The second-order valence-electron chi connectivity index (χ2n) is 9.22. The van der Waals surface area contributed by atoms with Crippen LogP contribution in [0.1, 0.15) is 47.8 Å². The molecule has 0 atom stereocenters. The van der Waals surface area contributed by atoms with Crippen molar-refractivity contribution in [3.63, 3.8) is 0 Å². The van der Waals surface area contributed by atoms with Crippen LogP contribution < -0.4 is 11.0 Å². The minimum atomic E-state index is -0.613. The lowest BCUT2D eigenvalue weighted by atomic mass is 9.87. The number of carbonyl (C=O) groups is 1. The van der Waals surface area contributed by atoms with Crippen molar-refractivity contribution in [1.82, 2.24) is 9.99 Å². The number of amides is 1. The summed E-state index contributed by atoms with van der Waals surface area (Å²) in [6.07, 6.45) is 3.04. The number of pyridine rings is 1. The smallest absolute Gasteiger partial charge is 0.276 e. The number of carbonyl (C=O) groups excluding carboxylic acids is 1. The Balaban J connectivity index is 1.51. The predicted octanol–water partition coefficient (Wildman–Crippen LogP) is 4.82. The van der Waals surface area contributed by atoms with E-state index in [9.17, 15) is 14.7 Å². The lowest BCUT2D eigenvalue weighted by molar-refractivity contribution is 0.0953. The molecule has 0 bridgehead atoms. The number of hydrogen-bond acceptors (Lipinski definition) is 4. The Hall–Kier alpha value is -4.19. The van der Waals surface area contributed by atoms with Crippen molar-refractivity contribution >= 4 is 22.9 Å². The molecule has 0 aliphatic carbocycles. The number of nitrogens with one attached hydrogen (secondary N) is 1. The molecule has 1 amide bonds. The first-order valence-corrected chi connectivity index (χ1v) is 11.1. The number of aromatic nitrogens is 1. The van der Waals surface area contributed by atoms with Gasteiger partial charge in [0.15, 0.2) is 0 Å². The van der Waals surface area contributed by atoms with Crippen molar-refractivity contribution in [2.24, 2.45) is 5.10 Å². The van der Waals surface area contributed by atoms with Gasteiger partial charge in [-0.05, 0) is 45.5 Å². The van der Waals surface area contributed by atoms with E-state index in [4.69, 9.17) is 0 Å². The molecular weight excluding hydrogens is 426 g/mol. The molecule has 2 N–H and O–H groups in total. The van der Waals surface area contributed by atoms with Gasteiger partial charge in [-0.25, -0.2) is 5.43 Å². The molecule has 4 aromatic rings. The van der Waals surface area contributed by atoms with Crippen LogP contribution in [0.3, 0.4) is 0 Å². The second kappa shape index (κ2) is 9.35. The molecule has 0 radical (unpaired) electrons. The summed E-state index contributed by atoms with van der Waals surface area (Å²) in [6.45, 7) is 6.81. The maximum Gasteiger partial charge on any atom is 0.276 e. The molecule has 0 aliphatic heterocycles. The number of fused-ring (bicyclic) bond motifs is 1. The molecule has 172 valence electrons. The lowest BCUT2D eigenvalue weighted by Gasteiger charge is -2.19. The van der Waals surface area contributed by atoms with Gasteiger partial charge in [0, 0.05) is 11.8 Å². The van der Waals surface area contributed by atoms with Crippen LogP contribution in [0, 0.1) is 0 Å². The van der Waals surface area contributed by atoms with Crippen LogP contribution in [0.4, 0.5) is 0 Å². The Bertz CT molecular complexity index is 1430. The summed E-state index contributed by atoms with van der Waals surface area (Å²) in [4.78, 5) is 25.6. The van der Waals surface area contributed by atoms with Crippen molar-refractivity contribution in [2.75, 3.05) is 0 Å². The number of rotatable bonds is 5. The predicted molar refractivity (Wildman–Crippen MR) is 136 cm³/mol. The number of aromatic hydroxyl groups is 1. The highest BCUT2D eigenvalue weighted by molar-refractivity contribution is 6.03. The molecule has 0 saturated heterocycles. The second-order valence-corrected chi connectivity index (χ2v) is 9.22. The van der Waals surface area contributed by atoms with Crippen molar-refractivity contribution in [1.29, 1.82) is 0 Å². The molecule has 1 aromatic heterocycles. The van der Waals surface area contributed by atoms with Crippen LogP contribution in [-0.2, 0) is 12.0 Å². The summed E-state index contributed by atoms with van der Waals surface area (Å²) >= 11 is 0. The van der Waals surface area contributed by atoms with E-state index in [2.05, 4.69) is 43.4 Å². The van der Waals surface area contributed by atoms with Crippen LogP contribution in [0.25, 0.3) is 10.8 Å². The van der Waals surface area contributed by atoms with Crippen molar-refractivity contribution in [3.8, 4) is 5.75 Å². The van der Waals surface area contributed by atoms with Gasteiger partial charge >= 0.3 is 0 Å². The Morgan fingerprint density at radius 2 is 1.74 bits per heavy atom. The first-order chi connectivity index (χ1) is 16.2.